The van der Waals surface area contributed by atoms with Crippen LogP contribution in [0.25, 0.3) is 32.6 Å². The Morgan fingerprint density at radius 1 is 1.10 bits per heavy atom. The number of fused-ring (bicyclic) bond motifs is 1. The van der Waals surface area contributed by atoms with Gasteiger partial charge in [-0.05, 0) is 59.8 Å². The number of aliphatic hydroxyl groups is 1. The minimum absolute atomic E-state index is 0.112. The Morgan fingerprint density at radius 2 is 1.93 bits per heavy atom. The molecule has 144 valence electrons. The number of hydrogen-bond donors (Lipinski definition) is 2. The van der Waals surface area contributed by atoms with Crippen molar-refractivity contribution in [2.24, 2.45) is 0 Å². The third-order valence-corrected chi connectivity index (χ3v) is 5.30. The zero-order valence-electron chi connectivity index (χ0n) is 16.3. The molecule has 1 aromatic heterocycles. The zero-order chi connectivity index (χ0) is 20.5. The van der Waals surface area contributed by atoms with Crippen LogP contribution in [0.4, 0.5) is 11.4 Å². The van der Waals surface area contributed by atoms with Crippen LogP contribution in [0, 0.1) is 13.5 Å². The summed E-state index contributed by atoms with van der Waals surface area (Å²) in [5.74, 6) is 0.691. The Balaban J connectivity index is 2.05. The van der Waals surface area contributed by atoms with Crippen molar-refractivity contribution in [3.05, 3.63) is 83.3 Å². The molecule has 0 saturated heterocycles. The van der Waals surface area contributed by atoms with Crippen molar-refractivity contribution in [3.8, 4) is 22.6 Å². The van der Waals surface area contributed by atoms with Gasteiger partial charge < -0.3 is 20.1 Å². The molecule has 4 aromatic rings. The van der Waals surface area contributed by atoms with E-state index in [1.165, 1.54) is 0 Å². The van der Waals surface area contributed by atoms with Crippen LogP contribution in [0.1, 0.15) is 11.1 Å². The second-order valence-corrected chi connectivity index (χ2v) is 6.90. The van der Waals surface area contributed by atoms with Crippen LogP contribution in [0.2, 0.25) is 0 Å². The standard InChI is InChI=1S/C24H21N3O2/c1-15-19(5-4-6-22(15)25)21-13-27(24-9-7-17(26-2)12-20(21)24)23-10-8-18(29-3)11-16(23)14-28/h4-13,28H,14,25H2,1,3H3. The number of ether oxygens (including phenoxy) is 1. The predicted octanol–water partition coefficient (Wildman–Crippen LogP) is 5.24. The lowest BCUT2D eigenvalue weighted by atomic mass is 9.99. The first-order valence-electron chi connectivity index (χ1n) is 9.23. The number of aliphatic hydroxyl groups excluding tert-OH is 1. The number of nitrogens with two attached hydrogens (primary N) is 1. The first-order chi connectivity index (χ1) is 14.1. The van der Waals surface area contributed by atoms with Gasteiger partial charge in [0.15, 0.2) is 5.69 Å². The third-order valence-electron chi connectivity index (χ3n) is 5.30. The van der Waals surface area contributed by atoms with Crippen molar-refractivity contribution < 1.29 is 9.84 Å². The molecule has 0 saturated carbocycles. The topological polar surface area (TPSA) is 64.8 Å². The fraction of sp³-hybridized carbons (Fsp3) is 0.125. The highest BCUT2D eigenvalue weighted by Gasteiger charge is 2.16. The van der Waals surface area contributed by atoms with Gasteiger partial charge in [-0.1, -0.05) is 18.2 Å². The lowest BCUT2D eigenvalue weighted by Crippen LogP contribution is -1.99. The van der Waals surface area contributed by atoms with E-state index >= 15 is 0 Å². The van der Waals surface area contributed by atoms with Gasteiger partial charge >= 0.3 is 0 Å². The molecule has 5 nitrogen and oxygen atoms in total. The lowest BCUT2D eigenvalue weighted by Gasteiger charge is -2.12. The fourth-order valence-corrected chi connectivity index (χ4v) is 3.70. The van der Waals surface area contributed by atoms with Gasteiger partial charge in [0.1, 0.15) is 5.75 Å². The number of nitrogens with zero attached hydrogens (tertiary/aromatic N) is 2. The summed E-state index contributed by atoms with van der Waals surface area (Å²) in [6.07, 6.45) is 2.04. The molecule has 5 heteroatoms. The maximum absolute atomic E-state index is 9.93. The van der Waals surface area contributed by atoms with Gasteiger partial charge in [-0.15, -0.1) is 0 Å². The summed E-state index contributed by atoms with van der Waals surface area (Å²) < 4.78 is 7.35. The van der Waals surface area contributed by atoms with Crippen LogP contribution in [-0.4, -0.2) is 16.8 Å². The van der Waals surface area contributed by atoms with Gasteiger partial charge in [-0.2, -0.15) is 0 Å². The fourth-order valence-electron chi connectivity index (χ4n) is 3.70. The van der Waals surface area contributed by atoms with E-state index in [1.54, 1.807) is 7.11 Å². The van der Waals surface area contributed by atoms with Crippen LogP contribution in [-0.2, 0) is 6.61 Å². The summed E-state index contributed by atoms with van der Waals surface area (Å²) in [4.78, 5) is 3.59. The maximum atomic E-state index is 9.93. The molecule has 0 bridgehead atoms. The molecule has 0 fully saturated rings. The minimum atomic E-state index is -0.112. The van der Waals surface area contributed by atoms with Crippen LogP contribution in [0.3, 0.4) is 0 Å². The van der Waals surface area contributed by atoms with E-state index in [0.717, 1.165) is 44.5 Å². The first-order valence-corrected chi connectivity index (χ1v) is 9.23. The van der Waals surface area contributed by atoms with Crippen LogP contribution in [0.5, 0.6) is 5.75 Å². The Morgan fingerprint density at radius 3 is 2.66 bits per heavy atom. The summed E-state index contributed by atoms with van der Waals surface area (Å²) in [6, 6.07) is 17.2. The molecule has 1 heterocycles. The average molecular weight is 383 g/mol. The summed E-state index contributed by atoms with van der Waals surface area (Å²) >= 11 is 0. The Labute approximate surface area is 169 Å². The van der Waals surface area contributed by atoms with E-state index in [9.17, 15) is 5.11 Å². The molecule has 0 unspecified atom stereocenters. The molecule has 0 atom stereocenters. The summed E-state index contributed by atoms with van der Waals surface area (Å²) in [6.45, 7) is 9.29. The predicted molar refractivity (Wildman–Crippen MR) is 117 cm³/mol. The molecule has 3 N–H and O–H groups in total. The number of rotatable bonds is 4. The Bertz CT molecular complexity index is 1270. The monoisotopic (exact) mass is 383 g/mol. The van der Waals surface area contributed by atoms with Gasteiger partial charge in [-0.25, -0.2) is 4.85 Å². The van der Waals surface area contributed by atoms with Crippen LogP contribution < -0.4 is 10.5 Å². The first kappa shape index (κ1) is 18.6. The largest absolute Gasteiger partial charge is 0.497 e. The summed E-state index contributed by atoms with van der Waals surface area (Å²) in [5, 5.41) is 10.9. The molecule has 3 aromatic carbocycles. The third kappa shape index (κ3) is 3.10. The molecule has 0 aliphatic carbocycles. The SMILES string of the molecule is [C-]#[N+]c1ccc2c(c1)c(-c1cccc(N)c1C)cn2-c1ccc(OC)cc1CO. The molecule has 4 rings (SSSR count). The molecule has 0 amide bonds. The van der Waals surface area contributed by atoms with Gasteiger partial charge in [0.2, 0.25) is 0 Å². The van der Waals surface area contributed by atoms with Crippen molar-refractivity contribution in [2.75, 3.05) is 12.8 Å². The van der Waals surface area contributed by atoms with Gasteiger partial charge in [-0.3, -0.25) is 0 Å². The number of anilines is 1. The summed E-state index contributed by atoms with van der Waals surface area (Å²) in [7, 11) is 1.60. The Hall–Kier alpha value is -3.75. The molecule has 0 aliphatic rings. The summed E-state index contributed by atoms with van der Waals surface area (Å²) in [5.41, 5.74) is 13.0. The normalized spacial score (nSPS) is 10.8. The Kier molecular flexibility index (Phi) is 4.71. The van der Waals surface area contributed by atoms with E-state index in [4.69, 9.17) is 17.0 Å². The van der Waals surface area contributed by atoms with Gasteiger partial charge in [0.05, 0.1) is 31.5 Å². The van der Waals surface area contributed by atoms with E-state index in [-0.39, 0.29) is 6.61 Å². The number of hydrogen-bond acceptors (Lipinski definition) is 3. The molecule has 0 radical (unpaired) electrons. The highest BCUT2D eigenvalue weighted by atomic mass is 16.5. The number of aromatic nitrogens is 1. The van der Waals surface area contributed by atoms with Crippen molar-refractivity contribution in [1.29, 1.82) is 0 Å². The molecule has 0 spiro atoms. The van der Waals surface area contributed by atoms with E-state index < -0.39 is 0 Å². The van der Waals surface area contributed by atoms with Gasteiger partial charge in [0, 0.05) is 23.0 Å². The lowest BCUT2D eigenvalue weighted by molar-refractivity contribution is 0.280. The maximum Gasteiger partial charge on any atom is 0.188 e. The van der Waals surface area contributed by atoms with Crippen LogP contribution in [0.15, 0.2) is 60.8 Å². The van der Waals surface area contributed by atoms with Crippen LogP contribution >= 0.6 is 0 Å². The quantitative estimate of drug-likeness (QED) is 0.374. The number of benzene rings is 3. The van der Waals surface area contributed by atoms with Crippen molar-refractivity contribution in [1.82, 2.24) is 4.57 Å². The smallest absolute Gasteiger partial charge is 0.188 e. The molecular formula is C24H21N3O2. The van der Waals surface area contributed by atoms with Crippen molar-refractivity contribution in [2.45, 2.75) is 13.5 Å². The molecule has 29 heavy (non-hydrogen) atoms. The highest BCUT2D eigenvalue weighted by Crippen LogP contribution is 2.38. The van der Waals surface area contributed by atoms with Crippen molar-refractivity contribution in [3.63, 3.8) is 0 Å². The zero-order valence-corrected chi connectivity index (χ0v) is 16.3. The number of nitrogen functional groups attached to an aromatic ring is 1. The van der Waals surface area contributed by atoms with E-state index in [2.05, 4.69) is 4.85 Å². The highest BCUT2D eigenvalue weighted by molar-refractivity contribution is 6.00. The second-order valence-electron chi connectivity index (χ2n) is 6.90. The molecular weight excluding hydrogens is 362 g/mol. The average Bonchev–Trinajstić information content (AvgIpc) is 3.13. The van der Waals surface area contributed by atoms with Crippen molar-refractivity contribution >= 4 is 22.3 Å². The second kappa shape index (κ2) is 7.34. The van der Waals surface area contributed by atoms with E-state index in [0.29, 0.717) is 11.4 Å². The molecule has 0 aliphatic heterocycles. The van der Waals surface area contributed by atoms with E-state index in [1.807, 2.05) is 72.3 Å². The van der Waals surface area contributed by atoms with Gasteiger partial charge in [0.25, 0.3) is 0 Å². The minimum Gasteiger partial charge on any atom is -0.497 e. The number of methoxy groups -OCH3 is 1.